The zero-order chi connectivity index (χ0) is 8.27. The molecule has 0 bridgehead atoms. The Balaban J connectivity index is 2.30. The molecule has 0 aromatic heterocycles. The Morgan fingerprint density at radius 2 is 2.55 bits per heavy atom. The van der Waals surface area contributed by atoms with E-state index in [0.29, 0.717) is 18.1 Å². The zero-order valence-electron chi connectivity index (χ0n) is 6.91. The molecular formula is C8H13NO2. The molecule has 0 amide bonds. The van der Waals surface area contributed by atoms with Gasteiger partial charge in [-0.05, 0) is 12.3 Å². The number of rotatable bonds is 3. The van der Waals surface area contributed by atoms with Crippen LogP contribution in [0.5, 0.6) is 0 Å². The van der Waals surface area contributed by atoms with E-state index in [0.717, 1.165) is 12.7 Å². The van der Waals surface area contributed by atoms with Gasteiger partial charge in [0.05, 0.1) is 0 Å². The van der Waals surface area contributed by atoms with Crippen LogP contribution >= 0.6 is 0 Å². The van der Waals surface area contributed by atoms with Crippen LogP contribution in [-0.2, 0) is 9.63 Å². The highest BCUT2D eigenvalue weighted by atomic mass is 16.6. The summed E-state index contributed by atoms with van der Waals surface area (Å²) in [5, 5.41) is 3.64. The molecule has 0 fully saturated rings. The van der Waals surface area contributed by atoms with Crippen molar-refractivity contribution in [2.24, 2.45) is 11.1 Å². The minimum Gasteiger partial charge on any atom is -0.392 e. The fourth-order valence-corrected chi connectivity index (χ4v) is 1.17. The van der Waals surface area contributed by atoms with Crippen molar-refractivity contribution in [3.05, 3.63) is 0 Å². The first-order chi connectivity index (χ1) is 5.22. The lowest BCUT2D eigenvalue weighted by Crippen LogP contribution is -2.11. The summed E-state index contributed by atoms with van der Waals surface area (Å²) in [5.41, 5.74) is 0.538. The van der Waals surface area contributed by atoms with Gasteiger partial charge in [-0.2, -0.15) is 0 Å². The highest BCUT2D eigenvalue weighted by Crippen LogP contribution is 2.17. The molecule has 0 spiro atoms. The van der Waals surface area contributed by atoms with Gasteiger partial charge >= 0.3 is 0 Å². The molecule has 0 saturated carbocycles. The Morgan fingerprint density at radius 1 is 1.82 bits per heavy atom. The fraction of sp³-hybridized carbons (Fsp3) is 0.750. The predicted molar refractivity (Wildman–Crippen MR) is 42.4 cm³/mol. The molecule has 3 heteroatoms. The summed E-state index contributed by atoms with van der Waals surface area (Å²) in [5.74, 6) is 0.598. The van der Waals surface area contributed by atoms with E-state index < -0.39 is 0 Å². The molecule has 0 N–H and O–H groups in total. The lowest BCUT2D eigenvalue weighted by molar-refractivity contribution is -0.102. The van der Waals surface area contributed by atoms with E-state index in [1.54, 1.807) is 0 Å². The Kier molecular flexibility index (Phi) is 2.63. The number of aldehydes is 1. The van der Waals surface area contributed by atoms with Crippen molar-refractivity contribution < 1.29 is 9.63 Å². The smallest absolute Gasteiger partial charge is 0.167 e. The third-order valence-electron chi connectivity index (χ3n) is 1.63. The monoisotopic (exact) mass is 155 g/mol. The van der Waals surface area contributed by atoms with Crippen LogP contribution < -0.4 is 0 Å². The van der Waals surface area contributed by atoms with E-state index >= 15 is 0 Å². The molecule has 1 aliphatic rings. The summed E-state index contributed by atoms with van der Waals surface area (Å²) in [6.07, 6.45) is 2.55. The third-order valence-corrected chi connectivity index (χ3v) is 1.63. The number of carbonyl (C=O) groups excluding carboxylic acids is 1. The van der Waals surface area contributed by atoms with Crippen molar-refractivity contribution in [3.63, 3.8) is 0 Å². The van der Waals surface area contributed by atoms with Gasteiger partial charge in [0.25, 0.3) is 0 Å². The minimum absolute atomic E-state index is 0.134. The maximum absolute atomic E-state index is 10.2. The summed E-state index contributed by atoms with van der Waals surface area (Å²) in [6, 6.07) is 0. The van der Waals surface area contributed by atoms with Crippen LogP contribution in [0.4, 0.5) is 0 Å². The Bertz CT molecular complexity index is 175. The van der Waals surface area contributed by atoms with Crippen molar-refractivity contribution in [1.82, 2.24) is 0 Å². The summed E-state index contributed by atoms with van der Waals surface area (Å²) < 4.78 is 0. The second-order valence-electron chi connectivity index (χ2n) is 3.26. The molecule has 0 aromatic carbocycles. The van der Waals surface area contributed by atoms with E-state index in [1.165, 1.54) is 0 Å². The average Bonchev–Trinajstić information content (AvgIpc) is 2.34. The average molecular weight is 155 g/mol. The minimum atomic E-state index is 0.134. The van der Waals surface area contributed by atoms with Crippen LogP contribution in [0.25, 0.3) is 0 Å². The molecule has 0 saturated heterocycles. The van der Waals surface area contributed by atoms with Gasteiger partial charge in [-0.1, -0.05) is 19.0 Å². The fourth-order valence-electron chi connectivity index (χ4n) is 1.17. The van der Waals surface area contributed by atoms with Crippen molar-refractivity contribution in [3.8, 4) is 0 Å². The molecular weight excluding hydrogens is 142 g/mol. The number of nitrogens with zero attached hydrogens (tertiary/aromatic N) is 1. The van der Waals surface area contributed by atoms with E-state index in [4.69, 9.17) is 4.84 Å². The van der Waals surface area contributed by atoms with Gasteiger partial charge in [-0.3, -0.25) is 4.79 Å². The molecule has 3 nitrogen and oxygen atoms in total. The summed E-state index contributed by atoms with van der Waals surface area (Å²) in [6.45, 7) is 4.25. The van der Waals surface area contributed by atoms with Crippen LogP contribution in [0.1, 0.15) is 26.7 Å². The summed E-state index contributed by atoms with van der Waals surface area (Å²) in [7, 11) is 0. The van der Waals surface area contributed by atoms with Gasteiger partial charge in [-0.15, -0.1) is 0 Å². The van der Waals surface area contributed by atoms with Crippen molar-refractivity contribution in [2.45, 2.75) is 32.8 Å². The standard InChI is InChI=1S/C8H13NO2/c1-6(2)3-8-4-7(5-10)9-11-8/h5-6,8H,3-4H2,1-2H3. The first-order valence-electron chi connectivity index (χ1n) is 3.90. The van der Waals surface area contributed by atoms with E-state index in [9.17, 15) is 4.79 Å². The second-order valence-corrected chi connectivity index (χ2v) is 3.26. The molecule has 0 aliphatic carbocycles. The Morgan fingerprint density at radius 3 is 3.00 bits per heavy atom. The first-order valence-corrected chi connectivity index (χ1v) is 3.90. The van der Waals surface area contributed by atoms with E-state index in [-0.39, 0.29) is 6.10 Å². The highest BCUT2D eigenvalue weighted by molar-refractivity contribution is 6.28. The van der Waals surface area contributed by atoms with Crippen LogP contribution in [0.2, 0.25) is 0 Å². The van der Waals surface area contributed by atoms with Gasteiger partial charge in [-0.25, -0.2) is 0 Å². The molecule has 1 aliphatic heterocycles. The van der Waals surface area contributed by atoms with Gasteiger partial charge in [0, 0.05) is 6.42 Å². The van der Waals surface area contributed by atoms with Crippen molar-refractivity contribution >= 4 is 12.0 Å². The normalized spacial score (nSPS) is 23.2. The highest BCUT2D eigenvalue weighted by Gasteiger charge is 2.20. The van der Waals surface area contributed by atoms with E-state index in [2.05, 4.69) is 19.0 Å². The molecule has 1 atom stereocenters. The number of hydrogen-bond acceptors (Lipinski definition) is 3. The Hall–Kier alpha value is -0.860. The van der Waals surface area contributed by atoms with Crippen LogP contribution in [0.15, 0.2) is 5.16 Å². The molecule has 1 heterocycles. The molecule has 0 radical (unpaired) electrons. The third kappa shape index (κ3) is 2.33. The predicted octanol–water partition coefficient (Wildman–Crippen LogP) is 1.38. The summed E-state index contributed by atoms with van der Waals surface area (Å²) in [4.78, 5) is 15.3. The second kappa shape index (κ2) is 3.51. The van der Waals surface area contributed by atoms with Crippen LogP contribution in [0.3, 0.4) is 0 Å². The van der Waals surface area contributed by atoms with Gasteiger partial charge in [0.1, 0.15) is 11.8 Å². The maximum atomic E-state index is 10.2. The van der Waals surface area contributed by atoms with Gasteiger partial charge in [0.2, 0.25) is 0 Å². The topological polar surface area (TPSA) is 38.7 Å². The quantitative estimate of drug-likeness (QED) is 0.577. The molecule has 1 unspecified atom stereocenters. The van der Waals surface area contributed by atoms with Crippen LogP contribution in [0, 0.1) is 5.92 Å². The van der Waals surface area contributed by atoms with Crippen molar-refractivity contribution in [1.29, 1.82) is 0 Å². The lowest BCUT2D eigenvalue weighted by Gasteiger charge is -2.09. The number of oxime groups is 1. The molecule has 1 rings (SSSR count). The Labute approximate surface area is 66.4 Å². The first kappa shape index (κ1) is 8.24. The molecule has 0 aromatic rings. The largest absolute Gasteiger partial charge is 0.392 e. The van der Waals surface area contributed by atoms with Gasteiger partial charge in [0.15, 0.2) is 6.29 Å². The number of carbonyl (C=O) groups is 1. The maximum Gasteiger partial charge on any atom is 0.167 e. The SMILES string of the molecule is CC(C)CC1CC(C=O)=NO1. The number of hydrogen-bond donors (Lipinski definition) is 0. The molecule has 62 valence electrons. The van der Waals surface area contributed by atoms with Crippen molar-refractivity contribution in [2.75, 3.05) is 0 Å². The lowest BCUT2D eigenvalue weighted by atomic mass is 10.0. The summed E-state index contributed by atoms with van der Waals surface area (Å²) >= 11 is 0. The molecule has 11 heavy (non-hydrogen) atoms. The van der Waals surface area contributed by atoms with E-state index in [1.807, 2.05) is 0 Å². The van der Waals surface area contributed by atoms with Crippen LogP contribution in [-0.4, -0.2) is 18.1 Å². The van der Waals surface area contributed by atoms with Gasteiger partial charge < -0.3 is 4.84 Å². The zero-order valence-corrected chi connectivity index (χ0v) is 6.91.